The molecule has 0 saturated carbocycles. The van der Waals surface area contributed by atoms with Crippen molar-refractivity contribution in [1.82, 2.24) is 10.6 Å². The normalized spacial score (nSPS) is 11.5. The molecule has 0 spiro atoms. The summed E-state index contributed by atoms with van der Waals surface area (Å²) < 4.78 is 49.5. The lowest BCUT2D eigenvalue weighted by atomic mass is 10.2. The topological polar surface area (TPSA) is 70.2 Å². The van der Waals surface area contributed by atoms with E-state index in [2.05, 4.69) is 10.6 Å². The van der Waals surface area contributed by atoms with E-state index in [-0.39, 0.29) is 12.6 Å². The van der Waals surface area contributed by atoms with Crippen molar-refractivity contribution in [3.05, 3.63) is 29.8 Å². The van der Waals surface area contributed by atoms with Crippen LogP contribution < -0.4 is 16.0 Å². The molecule has 0 unspecified atom stereocenters. The van der Waals surface area contributed by atoms with Crippen LogP contribution in [-0.2, 0) is 11.3 Å². The van der Waals surface area contributed by atoms with Crippen molar-refractivity contribution in [2.24, 2.45) is 0 Å². The number of hydrogen-bond donors (Lipinski definition) is 3. The van der Waals surface area contributed by atoms with Crippen LogP contribution in [0.2, 0.25) is 0 Å². The molecule has 0 aliphatic heterocycles. The molecular formula is C14H17F4N3O2. The highest BCUT2D eigenvalue weighted by atomic mass is 19.3. The smallest absolute Gasteiger partial charge is 0.347 e. The molecule has 3 N–H and O–H groups in total. The highest BCUT2D eigenvalue weighted by molar-refractivity contribution is 5.89. The zero-order chi connectivity index (χ0) is 17.6. The molecule has 0 aromatic heterocycles. The Labute approximate surface area is 130 Å². The Balaban J connectivity index is 2.55. The minimum absolute atomic E-state index is 0.0408. The lowest BCUT2D eigenvalue weighted by molar-refractivity contribution is -0.169. The van der Waals surface area contributed by atoms with E-state index in [1.54, 1.807) is 19.2 Å². The molecule has 1 rings (SSSR count). The van der Waals surface area contributed by atoms with E-state index in [0.717, 1.165) is 0 Å². The number of hydrogen-bond acceptors (Lipinski definition) is 2. The van der Waals surface area contributed by atoms with Gasteiger partial charge in [0.2, 0.25) is 0 Å². The highest BCUT2D eigenvalue weighted by Gasteiger charge is 2.48. The fourth-order valence-corrected chi connectivity index (χ4v) is 1.53. The molecule has 0 radical (unpaired) electrons. The van der Waals surface area contributed by atoms with Gasteiger partial charge in [-0.2, -0.15) is 8.78 Å². The van der Waals surface area contributed by atoms with Gasteiger partial charge in [0.05, 0.1) is 0 Å². The van der Waals surface area contributed by atoms with Crippen molar-refractivity contribution in [1.29, 1.82) is 0 Å². The average molecular weight is 335 g/mol. The van der Waals surface area contributed by atoms with Crippen molar-refractivity contribution in [3.8, 4) is 0 Å². The van der Waals surface area contributed by atoms with E-state index in [1.165, 1.54) is 24.3 Å². The summed E-state index contributed by atoms with van der Waals surface area (Å²) in [6, 6.07) is 5.47. The molecule has 5 nitrogen and oxygen atoms in total. The summed E-state index contributed by atoms with van der Waals surface area (Å²) in [4.78, 5) is 22.5. The number of alkyl halides is 4. The quantitative estimate of drug-likeness (QED) is 0.700. The number of rotatable bonds is 6. The van der Waals surface area contributed by atoms with Crippen LogP contribution in [0.4, 0.5) is 28.0 Å². The molecule has 128 valence electrons. The third-order valence-corrected chi connectivity index (χ3v) is 2.66. The Morgan fingerprint density at radius 3 is 2.17 bits per heavy atom. The summed E-state index contributed by atoms with van der Waals surface area (Å²) in [5, 5.41) is 6.90. The van der Waals surface area contributed by atoms with Gasteiger partial charge >= 0.3 is 18.4 Å². The van der Waals surface area contributed by atoms with Crippen LogP contribution in [0.15, 0.2) is 24.3 Å². The van der Waals surface area contributed by atoms with E-state index in [9.17, 15) is 27.2 Å². The molecular weight excluding hydrogens is 318 g/mol. The van der Waals surface area contributed by atoms with Gasteiger partial charge in [0, 0.05) is 18.3 Å². The average Bonchev–Trinajstić information content (AvgIpc) is 2.45. The zero-order valence-corrected chi connectivity index (χ0v) is 12.5. The summed E-state index contributed by atoms with van der Waals surface area (Å²) >= 11 is 0. The Bertz CT molecular complexity index is 547. The van der Waals surface area contributed by atoms with Crippen molar-refractivity contribution in [2.45, 2.75) is 38.8 Å². The molecule has 0 aliphatic rings. The van der Waals surface area contributed by atoms with E-state index >= 15 is 0 Å². The van der Waals surface area contributed by atoms with Crippen LogP contribution in [-0.4, -0.2) is 30.3 Å². The zero-order valence-electron chi connectivity index (χ0n) is 12.5. The fourth-order valence-electron chi connectivity index (χ4n) is 1.53. The van der Waals surface area contributed by atoms with Crippen LogP contribution in [0.5, 0.6) is 0 Å². The second-order valence-electron chi connectivity index (χ2n) is 5.06. The minimum atomic E-state index is -4.73. The predicted octanol–water partition coefficient (Wildman–Crippen LogP) is 2.73. The monoisotopic (exact) mass is 335 g/mol. The van der Waals surface area contributed by atoms with Crippen molar-refractivity contribution in [2.75, 3.05) is 5.32 Å². The minimum Gasteiger partial charge on any atom is -0.347 e. The fraction of sp³-hybridized carbons (Fsp3) is 0.429. The molecule has 1 aromatic rings. The predicted molar refractivity (Wildman–Crippen MR) is 76.5 cm³/mol. The van der Waals surface area contributed by atoms with Crippen LogP contribution >= 0.6 is 0 Å². The molecule has 0 heterocycles. The summed E-state index contributed by atoms with van der Waals surface area (Å²) in [5.41, 5.74) is 0.870. The number of nitrogens with one attached hydrogen (secondary N) is 3. The van der Waals surface area contributed by atoms with E-state index < -0.39 is 24.3 Å². The second kappa shape index (κ2) is 7.80. The number of carbonyl (C=O) groups excluding carboxylic acids is 2. The molecule has 0 saturated heterocycles. The van der Waals surface area contributed by atoms with Crippen molar-refractivity contribution in [3.63, 3.8) is 0 Å². The van der Waals surface area contributed by atoms with Crippen molar-refractivity contribution >= 4 is 17.6 Å². The summed E-state index contributed by atoms with van der Waals surface area (Å²) in [5.74, 6) is -6.76. The Hall–Kier alpha value is -2.32. The Morgan fingerprint density at radius 1 is 1.13 bits per heavy atom. The molecule has 3 amide bonds. The van der Waals surface area contributed by atoms with Gasteiger partial charge in [-0.3, -0.25) is 4.79 Å². The SMILES string of the molecule is CC(C)NC(=O)Nc1ccc(CNC(=O)C(F)(F)C(F)F)cc1. The lowest BCUT2D eigenvalue weighted by Crippen LogP contribution is -2.44. The molecule has 23 heavy (non-hydrogen) atoms. The second-order valence-corrected chi connectivity index (χ2v) is 5.06. The maximum Gasteiger partial charge on any atom is 0.383 e. The van der Waals surface area contributed by atoms with Crippen LogP contribution in [0.1, 0.15) is 19.4 Å². The van der Waals surface area contributed by atoms with Crippen LogP contribution in [0.25, 0.3) is 0 Å². The number of benzene rings is 1. The van der Waals surface area contributed by atoms with Gasteiger partial charge in [0.25, 0.3) is 5.91 Å². The first kappa shape index (κ1) is 18.7. The van der Waals surface area contributed by atoms with Gasteiger partial charge < -0.3 is 16.0 Å². The van der Waals surface area contributed by atoms with Gasteiger partial charge in [0.1, 0.15) is 0 Å². The number of halogens is 4. The summed E-state index contributed by atoms with van der Waals surface area (Å²) in [6.07, 6.45) is -4.06. The summed E-state index contributed by atoms with van der Waals surface area (Å²) in [6.45, 7) is 3.25. The van der Waals surface area contributed by atoms with Crippen LogP contribution in [0.3, 0.4) is 0 Å². The van der Waals surface area contributed by atoms with Crippen LogP contribution in [0, 0.1) is 0 Å². The molecule has 0 atom stereocenters. The first-order valence-electron chi connectivity index (χ1n) is 6.73. The van der Waals surface area contributed by atoms with Gasteiger partial charge in [0.15, 0.2) is 0 Å². The molecule has 0 bridgehead atoms. The molecule has 0 fully saturated rings. The van der Waals surface area contributed by atoms with Crippen molar-refractivity contribution < 1.29 is 27.2 Å². The largest absolute Gasteiger partial charge is 0.383 e. The number of anilines is 1. The number of amides is 3. The van der Waals surface area contributed by atoms with E-state index in [1.807, 2.05) is 0 Å². The first-order valence-corrected chi connectivity index (χ1v) is 6.73. The molecule has 9 heteroatoms. The van der Waals surface area contributed by atoms with E-state index in [0.29, 0.717) is 11.3 Å². The first-order chi connectivity index (χ1) is 10.6. The highest BCUT2D eigenvalue weighted by Crippen LogP contribution is 2.22. The third kappa shape index (κ3) is 5.76. The molecule has 1 aromatic carbocycles. The summed E-state index contributed by atoms with van der Waals surface area (Å²) in [7, 11) is 0. The lowest BCUT2D eigenvalue weighted by Gasteiger charge is -2.15. The Morgan fingerprint density at radius 2 is 1.70 bits per heavy atom. The Kier molecular flexibility index (Phi) is 6.35. The van der Waals surface area contributed by atoms with Gasteiger partial charge in [-0.25, -0.2) is 13.6 Å². The van der Waals surface area contributed by atoms with Gasteiger partial charge in [-0.15, -0.1) is 0 Å². The van der Waals surface area contributed by atoms with E-state index in [4.69, 9.17) is 0 Å². The maximum atomic E-state index is 12.7. The molecule has 0 aliphatic carbocycles. The number of carbonyl (C=O) groups is 2. The van der Waals surface area contributed by atoms with Gasteiger partial charge in [-0.05, 0) is 31.5 Å². The standard InChI is InChI=1S/C14H17F4N3O2/c1-8(2)20-13(23)21-10-5-3-9(4-6-10)7-19-12(22)14(17,18)11(15)16/h3-6,8,11H,7H2,1-2H3,(H,19,22)(H2,20,21,23). The van der Waals surface area contributed by atoms with Gasteiger partial charge in [-0.1, -0.05) is 12.1 Å². The maximum absolute atomic E-state index is 12.7. The third-order valence-electron chi connectivity index (χ3n) is 2.66. The number of urea groups is 1.